The van der Waals surface area contributed by atoms with Gasteiger partial charge < -0.3 is 10.6 Å². The summed E-state index contributed by atoms with van der Waals surface area (Å²) in [6, 6.07) is 11.0. The average Bonchev–Trinajstić information content (AvgIpc) is 3.19. The summed E-state index contributed by atoms with van der Waals surface area (Å²) < 4.78 is 0. The molecular weight excluding hydrogens is 374 g/mol. The molecule has 4 aliphatic carbocycles. The van der Waals surface area contributed by atoms with Crippen molar-refractivity contribution in [3.05, 3.63) is 35.9 Å². The first-order chi connectivity index (χ1) is 14.5. The van der Waals surface area contributed by atoms with Gasteiger partial charge in [-0.15, -0.1) is 0 Å². The number of benzene rings is 1. The molecule has 2 unspecified atom stereocenters. The van der Waals surface area contributed by atoms with Gasteiger partial charge in [-0.3, -0.25) is 14.5 Å². The van der Waals surface area contributed by atoms with Crippen LogP contribution in [0.5, 0.6) is 0 Å². The van der Waals surface area contributed by atoms with Gasteiger partial charge >= 0.3 is 0 Å². The maximum absolute atomic E-state index is 13.0. The highest BCUT2D eigenvalue weighted by Crippen LogP contribution is 2.60. The van der Waals surface area contributed by atoms with E-state index in [1.807, 2.05) is 6.07 Å². The second-order valence-electron chi connectivity index (χ2n) is 10.5. The average molecular weight is 410 g/mol. The molecule has 2 atom stereocenters. The number of hydrogen-bond acceptors (Lipinski definition) is 3. The smallest absolute Gasteiger partial charge is 0.239 e. The van der Waals surface area contributed by atoms with Gasteiger partial charge in [-0.25, -0.2) is 0 Å². The molecule has 162 valence electrons. The van der Waals surface area contributed by atoms with Crippen LogP contribution in [0.2, 0.25) is 0 Å². The third-order valence-corrected chi connectivity index (χ3v) is 8.34. The van der Waals surface area contributed by atoms with Crippen LogP contribution < -0.4 is 10.6 Å². The van der Waals surface area contributed by atoms with Crippen LogP contribution in [0, 0.1) is 23.2 Å². The van der Waals surface area contributed by atoms with Gasteiger partial charge in [0, 0.05) is 30.6 Å². The van der Waals surface area contributed by atoms with Gasteiger partial charge in [-0.2, -0.15) is 0 Å². The number of nitrogens with zero attached hydrogens (tertiary/aromatic N) is 1. The molecule has 1 aromatic carbocycles. The first-order valence-electron chi connectivity index (χ1n) is 11.9. The van der Waals surface area contributed by atoms with E-state index in [4.69, 9.17) is 0 Å². The van der Waals surface area contributed by atoms with Crippen molar-refractivity contribution in [2.45, 2.75) is 64.0 Å². The van der Waals surface area contributed by atoms with E-state index in [9.17, 15) is 9.59 Å². The maximum Gasteiger partial charge on any atom is 0.239 e. The second kappa shape index (κ2) is 7.99. The van der Waals surface area contributed by atoms with Crippen molar-refractivity contribution in [2.24, 2.45) is 23.2 Å². The lowest BCUT2D eigenvalue weighted by Crippen LogP contribution is -2.55. The Kier molecular flexibility index (Phi) is 5.34. The SMILES string of the molecule is CC(c1ccccc1)N1CCC(NC(=O)CNC(=O)C23CC4CC(CC(C4)C2)C3)C1. The van der Waals surface area contributed by atoms with Crippen LogP contribution in [0.3, 0.4) is 0 Å². The van der Waals surface area contributed by atoms with Gasteiger partial charge in [-0.05, 0) is 75.2 Å². The van der Waals surface area contributed by atoms with Gasteiger partial charge in [0.25, 0.3) is 0 Å². The van der Waals surface area contributed by atoms with E-state index in [0.29, 0.717) is 6.04 Å². The number of likely N-dealkylation sites (tertiary alicyclic amines) is 1. The lowest BCUT2D eigenvalue weighted by atomic mass is 9.49. The first kappa shape index (κ1) is 20.0. The Labute approximate surface area is 180 Å². The number of amides is 2. The highest BCUT2D eigenvalue weighted by atomic mass is 16.2. The van der Waals surface area contributed by atoms with E-state index < -0.39 is 0 Å². The normalized spacial score (nSPS) is 35.9. The van der Waals surface area contributed by atoms with E-state index in [1.54, 1.807) is 0 Å². The number of carbonyl (C=O) groups is 2. The van der Waals surface area contributed by atoms with Crippen molar-refractivity contribution in [1.29, 1.82) is 0 Å². The molecule has 1 saturated heterocycles. The van der Waals surface area contributed by atoms with Gasteiger partial charge in [0.15, 0.2) is 0 Å². The lowest BCUT2D eigenvalue weighted by Gasteiger charge is -2.55. The minimum Gasteiger partial charge on any atom is -0.350 e. The summed E-state index contributed by atoms with van der Waals surface area (Å²) in [7, 11) is 0. The first-order valence-corrected chi connectivity index (χ1v) is 11.9. The largest absolute Gasteiger partial charge is 0.350 e. The molecule has 0 aromatic heterocycles. The van der Waals surface area contributed by atoms with Gasteiger partial charge in [0.05, 0.1) is 6.54 Å². The molecular formula is C25H35N3O2. The Balaban J connectivity index is 1.09. The standard InChI is InChI=1S/C25H35N3O2/c1-17(21-5-3-2-4-6-21)28-8-7-22(16-28)27-23(29)15-26-24(30)25-12-18-9-19(13-25)11-20(10-18)14-25/h2-6,17-20,22H,7-16H2,1H3,(H,26,30)(H,27,29). The fourth-order valence-electron chi connectivity index (χ4n) is 7.21. The molecule has 5 fully saturated rings. The van der Waals surface area contributed by atoms with Crippen LogP contribution in [-0.4, -0.2) is 42.4 Å². The molecule has 30 heavy (non-hydrogen) atoms. The molecule has 5 heteroatoms. The molecule has 4 bridgehead atoms. The molecule has 2 N–H and O–H groups in total. The quantitative estimate of drug-likeness (QED) is 0.758. The Morgan fingerprint density at radius 3 is 2.33 bits per heavy atom. The summed E-state index contributed by atoms with van der Waals surface area (Å²) in [6.45, 7) is 4.20. The third-order valence-electron chi connectivity index (χ3n) is 8.34. The van der Waals surface area contributed by atoms with E-state index >= 15 is 0 Å². The minimum absolute atomic E-state index is 0.0488. The molecule has 0 radical (unpaired) electrons. The summed E-state index contributed by atoms with van der Waals surface area (Å²) in [5, 5.41) is 6.16. The molecule has 4 saturated carbocycles. The van der Waals surface area contributed by atoms with Crippen molar-refractivity contribution < 1.29 is 9.59 Å². The fourth-order valence-corrected chi connectivity index (χ4v) is 7.21. The summed E-state index contributed by atoms with van der Waals surface area (Å²) in [4.78, 5) is 28.0. The Morgan fingerprint density at radius 2 is 1.70 bits per heavy atom. The Hall–Kier alpha value is -1.88. The molecule has 6 rings (SSSR count). The number of nitrogens with one attached hydrogen (secondary N) is 2. The van der Waals surface area contributed by atoms with Crippen LogP contribution in [0.4, 0.5) is 0 Å². The van der Waals surface area contributed by atoms with Crippen molar-refractivity contribution in [3.8, 4) is 0 Å². The second-order valence-corrected chi connectivity index (χ2v) is 10.5. The van der Waals surface area contributed by atoms with Crippen molar-refractivity contribution in [1.82, 2.24) is 15.5 Å². The molecule has 0 spiro atoms. The van der Waals surface area contributed by atoms with Crippen LogP contribution >= 0.6 is 0 Å². The summed E-state index contributed by atoms with van der Waals surface area (Å²) in [5.74, 6) is 2.32. The van der Waals surface area contributed by atoms with Crippen LogP contribution in [0.1, 0.15) is 63.5 Å². The van der Waals surface area contributed by atoms with E-state index in [0.717, 1.165) is 56.5 Å². The molecule has 1 aromatic rings. The monoisotopic (exact) mass is 409 g/mol. The van der Waals surface area contributed by atoms with E-state index in [2.05, 4.69) is 46.7 Å². The van der Waals surface area contributed by atoms with Crippen molar-refractivity contribution >= 4 is 11.8 Å². The third kappa shape index (κ3) is 3.89. The summed E-state index contributed by atoms with van der Waals surface area (Å²) in [5.41, 5.74) is 1.14. The van der Waals surface area contributed by atoms with E-state index in [-0.39, 0.29) is 29.8 Å². The predicted molar refractivity (Wildman–Crippen MR) is 117 cm³/mol. The predicted octanol–water partition coefficient (Wildman–Crippen LogP) is 3.27. The lowest BCUT2D eigenvalue weighted by molar-refractivity contribution is -0.147. The summed E-state index contributed by atoms with van der Waals surface area (Å²) >= 11 is 0. The number of carbonyl (C=O) groups excluding carboxylic acids is 2. The molecule has 2 amide bonds. The van der Waals surface area contributed by atoms with Crippen LogP contribution in [0.25, 0.3) is 0 Å². The van der Waals surface area contributed by atoms with Crippen molar-refractivity contribution in [3.63, 3.8) is 0 Å². The zero-order chi connectivity index (χ0) is 20.7. The topological polar surface area (TPSA) is 61.4 Å². The fraction of sp³-hybridized carbons (Fsp3) is 0.680. The molecule has 1 heterocycles. The molecule has 1 aliphatic heterocycles. The zero-order valence-electron chi connectivity index (χ0n) is 18.1. The van der Waals surface area contributed by atoms with Crippen LogP contribution in [0.15, 0.2) is 30.3 Å². The molecule has 5 aliphatic rings. The summed E-state index contributed by atoms with van der Waals surface area (Å²) in [6.07, 6.45) is 8.07. The number of hydrogen-bond donors (Lipinski definition) is 2. The zero-order valence-corrected chi connectivity index (χ0v) is 18.1. The maximum atomic E-state index is 13.0. The minimum atomic E-state index is -0.176. The van der Waals surface area contributed by atoms with Gasteiger partial charge in [0.2, 0.25) is 11.8 Å². The van der Waals surface area contributed by atoms with Gasteiger partial charge in [-0.1, -0.05) is 30.3 Å². The number of rotatable bonds is 6. The van der Waals surface area contributed by atoms with E-state index in [1.165, 1.54) is 24.8 Å². The van der Waals surface area contributed by atoms with Gasteiger partial charge in [0.1, 0.15) is 0 Å². The van der Waals surface area contributed by atoms with Crippen LogP contribution in [-0.2, 0) is 9.59 Å². The Morgan fingerprint density at radius 1 is 1.07 bits per heavy atom. The molecule has 5 nitrogen and oxygen atoms in total. The van der Waals surface area contributed by atoms with Crippen molar-refractivity contribution in [2.75, 3.05) is 19.6 Å². The highest BCUT2D eigenvalue weighted by molar-refractivity contribution is 5.88. The highest BCUT2D eigenvalue weighted by Gasteiger charge is 2.54. The Bertz CT molecular complexity index is 758.